The number of rotatable bonds is 10. The van der Waals surface area contributed by atoms with Crippen LogP contribution in [-0.4, -0.2) is 54.9 Å². The lowest BCUT2D eigenvalue weighted by atomic mass is 10.0. The SMILES string of the molecule is CCCCc1cn(-c2nnnn2CC(C)C)c(=O)n1Cc1cc(-c2cccc(-c3nn[nH]n3)c2)ccn1. The molecule has 4 aromatic heterocycles. The van der Waals surface area contributed by atoms with Crippen LogP contribution in [0.4, 0.5) is 0 Å². The van der Waals surface area contributed by atoms with Gasteiger partial charge in [-0.1, -0.05) is 50.5 Å². The molecule has 0 saturated heterocycles. The first-order chi connectivity index (χ1) is 18.0. The van der Waals surface area contributed by atoms with Crippen LogP contribution in [0.5, 0.6) is 0 Å². The van der Waals surface area contributed by atoms with Gasteiger partial charge in [-0.2, -0.15) is 5.21 Å². The van der Waals surface area contributed by atoms with E-state index in [-0.39, 0.29) is 5.69 Å². The number of imidazole rings is 1. The average molecular weight is 500 g/mol. The summed E-state index contributed by atoms with van der Waals surface area (Å²) in [6.07, 6.45) is 6.39. The molecular weight excluding hydrogens is 470 g/mol. The Labute approximate surface area is 213 Å². The lowest BCUT2D eigenvalue weighted by molar-refractivity contribution is 0.465. The van der Waals surface area contributed by atoms with E-state index in [0.717, 1.165) is 47.3 Å². The number of aromatic amines is 1. The van der Waals surface area contributed by atoms with Gasteiger partial charge in [-0.15, -0.1) is 10.2 Å². The number of nitrogens with zero attached hydrogens (tertiary/aromatic N) is 10. The van der Waals surface area contributed by atoms with Gasteiger partial charge < -0.3 is 0 Å². The van der Waals surface area contributed by atoms with Crippen LogP contribution >= 0.6 is 0 Å². The maximum Gasteiger partial charge on any atom is 0.335 e. The van der Waals surface area contributed by atoms with Crippen LogP contribution in [0.3, 0.4) is 0 Å². The highest BCUT2D eigenvalue weighted by Crippen LogP contribution is 2.24. The molecule has 0 aliphatic rings. The normalized spacial score (nSPS) is 11.5. The third-order valence-electron chi connectivity index (χ3n) is 6.05. The predicted molar refractivity (Wildman–Crippen MR) is 137 cm³/mol. The highest BCUT2D eigenvalue weighted by molar-refractivity contribution is 5.70. The van der Waals surface area contributed by atoms with Gasteiger partial charge in [0.05, 0.1) is 12.2 Å². The van der Waals surface area contributed by atoms with Gasteiger partial charge in [-0.25, -0.2) is 14.0 Å². The van der Waals surface area contributed by atoms with Crippen molar-refractivity contribution in [3.8, 4) is 28.5 Å². The molecule has 1 aromatic carbocycles. The fourth-order valence-electron chi connectivity index (χ4n) is 4.26. The van der Waals surface area contributed by atoms with Gasteiger partial charge in [0.1, 0.15) is 0 Å². The van der Waals surface area contributed by atoms with E-state index in [1.54, 1.807) is 20.0 Å². The molecule has 0 unspecified atom stereocenters. The maximum atomic E-state index is 13.6. The Hall–Kier alpha value is -4.48. The van der Waals surface area contributed by atoms with E-state index in [1.807, 2.05) is 42.6 Å². The van der Waals surface area contributed by atoms with E-state index in [4.69, 9.17) is 0 Å². The molecule has 0 bridgehead atoms. The van der Waals surface area contributed by atoms with Crippen LogP contribution in [0.25, 0.3) is 28.5 Å². The van der Waals surface area contributed by atoms with Crippen LogP contribution < -0.4 is 5.69 Å². The summed E-state index contributed by atoms with van der Waals surface area (Å²) in [5, 5.41) is 26.3. The number of benzene rings is 1. The fourth-order valence-corrected chi connectivity index (χ4v) is 4.26. The van der Waals surface area contributed by atoms with Crippen molar-refractivity contribution in [3.63, 3.8) is 0 Å². The molecule has 0 radical (unpaired) electrons. The first-order valence-electron chi connectivity index (χ1n) is 12.4. The quantitative estimate of drug-likeness (QED) is 0.310. The van der Waals surface area contributed by atoms with Crippen molar-refractivity contribution in [2.45, 2.75) is 53.1 Å². The van der Waals surface area contributed by atoms with Crippen molar-refractivity contribution in [2.75, 3.05) is 0 Å². The molecule has 0 fully saturated rings. The molecule has 1 N–H and O–H groups in total. The number of hydrogen-bond donors (Lipinski definition) is 1. The van der Waals surface area contributed by atoms with E-state index >= 15 is 0 Å². The number of nitrogens with one attached hydrogen (secondary N) is 1. The first-order valence-corrected chi connectivity index (χ1v) is 12.4. The molecular formula is C25H29N11O. The van der Waals surface area contributed by atoms with Crippen molar-refractivity contribution in [1.29, 1.82) is 0 Å². The van der Waals surface area contributed by atoms with Gasteiger partial charge in [0, 0.05) is 30.2 Å². The van der Waals surface area contributed by atoms with Crippen LogP contribution in [0.1, 0.15) is 45.0 Å². The number of unbranched alkanes of at least 4 members (excludes halogenated alkanes) is 1. The minimum Gasteiger partial charge on any atom is -0.290 e. The number of hydrogen-bond acceptors (Lipinski definition) is 8. The summed E-state index contributed by atoms with van der Waals surface area (Å²) in [5.74, 6) is 1.30. The van der Waals surface area contributed by atoms with Gasteiger partial charge in [-0.05, 0) is 63.7 Å². The summed E-state index contributed by atoms with van der Waals surface area (Å²) in [4.78, 5) is 18.2. The second-order valence-electron chi connectivity index (χ2n) is 9.37. The second-order valence-corrected chi connectivity index (χ2v) is 9.37. The molecule has 0 amide bonds. The Morgan fingerprint density at radius 1 is 1.05 bits per heavy atom. The monoisotopic (exact) mass is 499 g/mol. The zero-order valence-electron chi connectivity index (χ0n) is 21.1. The average Bonchev–Trinajstić information content (AvgIpc) is 3.65. The highest BCUT2D eigenvalue weighted by atomic mass is 16.2. The maximum absolute atomic E-state index is 13.6. The number of pyridine rings is 1. The summed E-state index contributed by atoms with van der Waals surface area (Å²) >= 11 is 0. The van der Waals surface area contributed by atoms with Crippen LogP contribution in [0.2, 0.25) is 0 Å². The van der Waals surface area contributed by atoms with Crippen molar-refractivity contribution < 1.29 is 0 Å². The summed E-state index contributed by atoms with van der Waals surface area (Å²) in [6.45, 7) is 7.27. The lowest BCUT2D eigenvalue weighted by Crippen LogP contribution is -2.27. The van der Waals surface area contributed by atoms with Gasteiger partial charge in [0.25, 0.3) is 5.95 Å². The highest BCUT2D eigenvalue weighted by Gasteiger charge is 2.18. The molecule has 5 rings (SSSR count). The summed E-state index contributed by atoms with van der Waals surface area (Å²) in [5.41, 5.74) is 4.36. The van der Waals surface area contributed by atoms with E-state index < -0.39 is 0 Å². The zero-order valence-corrected chi connectivity index (χ0v) is 21.1. The topological polar surface area (TPSA) is 138 Å². The Kier molecular flexibility index (Phi) is 6.97. The summed E-state index contributed by atoms with van der Waals surface area (Å²) in [7, 11) is 0. The zero-order chi connectivity index (χ0) is 25.8. The van der Waals surface area contributed by atoms with Crippen molar-refractivity contribution in [3.05, 3.63) is 70.7 Å². The third kappa shape index (κ3) is 5.22. The molecule has 0 spiro atoms. The Balaban J connectivity index is 1.49. The van der Waals surface area contributed by atoms with Crippen LogP contribution in [0.15, 0.2) is 53.6 Å². The molecule has 0 atom stereocenters. The van der Waals surface area contributed by atoms with Gasteiger partial charge in [-0.3, -0.25) is 9.55 Å². The minimum atomic E-state index is -0.183. The van der Waals surface area contributed by atoms with Crippen molar-refractivity contribution in [2.24, 2.45) is 5.92 Å². The summed E-state index contributed by atoms with van der Waals surface area (Å²) < 4.78 is 4.99. The minimum absolute atomic E-state index is 0.183. The molecule has 4 heterocycles. The van der Waals surface area contributed by atoms with E-state index in [9.17, 15) is 4.79 Å². The number of tetrazole rings is 2. The number of H-pyrrole nitrogens is 1. The molecule has 37 heavy (non-hydrogen) atoms. The van der Waals surface area contributed by atoms with E-state index in [0.29, 0.717) is 30.8 Å². The Morgan fingerprint density at radius 2 is 1.89 bits per heavy atom. The lowest BCUT2D eigenvalue weighted by Gasteiger charge is -2.09. The van der Waals surface area contributed by atoms with E-state index in [1.165, 1.54) is 0 Å². The van der Waals surface area contributed by atoms with Crippen LogP contribution in [0, 0.1) is 5.92 Å². The number of aryl methyl sites for hydroxylation is 1. The third-order valence-corrected chi connectivity index (χ3v) is 6.05. The Bertz CT molecular complexity index is 1530. The second kappa shape index (κ2) is 10.6. The molecule has 12 nitrogen and oxygen atoms in total. The van der Waals surface area contributed by atoms with Crippen molar-refractivity contribution >= 4 is 0 Å². The van der Waals surface area contributed by atoms with Gasteiger partial charge in [0.2, 0.25) is 5.82 Å². The number of aromatic nitrogens is 11. The van der Waals surface area contributed by atoms with Crippen LogP contribution in [-0.2, 0) is 19.5 Å². The van der Waals surface area contributed by atoms with E-state index in [2.05, 4.69) is 61.9 Å². The molecule has 0 aliphatic carbocycles. The van der Waals surface area contributed by atoms with Gasteiger partial charge in [0.15, 0.2) is 0 Å². The van der Waals surface area contributed by atoms with Crippen molar-refractivity contribution in [1.82, 2.24) is 54.9 Å². The molecule has 0 saturated carbocycles. The summed E-state index contributed by atoms with van der Waals surface area (Å²) in [6, 6.07) is 11.9. The standard InChI is InChI=1S/C25H29N11O/c1-4-5-9-22-16-35(24-29-32-33-36(24)14-17(2)3)25(37)34(22)15-21-13-19(10-11-26-21)18-7-6-8-20(12-18)23-27-30-31-28-23/h6-8,10-13,16-17H,4-5,9,14-15H2,1-3H3,(H,27,28,30,31). The van der Waals surface area contributed by atoms with Gasteiger partial charge >= 0.3 is 5.69 Å². The largest absolute Gasteiger partial charge is 0.335 e. The fraction of sp³-hybridized carbons (Fsp3) is 0.360. The molecule has 12 heteroatoms. The smallest absolute Gasteiger partial charge is 0.290 e. The molecule has 0 aliphatic heterocycles. The first kappa shape index (κ1) is 24.2. The predicted octanol–water partition coefficient (Wildman–Crippen LogP) is 2.91. The molecule has 190 valence electrons. The molecule has 5 aromatic rings. The Morgan fingerprint density at radius 3 is 2.68 bits per heavy atom.